The van der Waals surface area contributed by atoms with Crippen LogP contribution in [0, 0.1) is 0 Å². The number of nitrogens with zero attached hydrogens (tertiary/aromatic N) is 1. The van der Waals surface area contributed by atoms with Crippen LogP contribution in [0.5, 0.6) is 0 Å². The van der Waals surface area contributed by atoms with Gasteiger partial charge in [0.15, 0.2) is 5.78 Å². The fraction of sp³-hybridized carbons (Fsp3) is 0.889. The van der Waals surface area contributed by atoms with Gasteiger partial charge in [0, 0.05) is 13.0 Å². The number of likely N-dealkylation sites (N-methyl/N-ethyl adjacent to an activating group) is 1. The zero-order valence-corrected chi connectivity index (χ0v) is 7.10. The van der Waals surface area contributed by atoms with E-state index < -0.39 is 0 Å². The summed E-state index contributed by atoms with van der Waals surface area (Å²) in [4.78, 5) is 13.9. The molecule has 0 amide bonds. The molecule has 2 aliphatic rings. The van der Waals surface area contributed by atoms with E-state index in [1.54, 1.807) is 0 Å². The molecule has 1 spiro atoms. The van der Waals surface area contributed by atoms with Gasteiger partial charge in [0.1, 0.15) is 0 Å². The summed E-state index contributed by atoms with van der Waals surface area (Å²) in [5.41, 5.74) is 0.0365. The van der Waals surface area contributed by atoms with E-state index in [2.05, 4.69) is 11.8 Å². The SMILES string of the molecule is CCN1CCC(=O)C12CCC2. The van der Waals surface area contributed by atoms with E-state index in [4.69, 9.17) is 0 Å². The average Bonchev–Trinajstić information content (AvgIpc) is 2.24. The lowest BCUT2D eigenvalue weighted by Gasteiger charge is -2.43. The largest absolute Gasteiger partial charge is 0.298 e. The summed E-state index contributed by atoms with van der Waals surface area (Å²) in [6, 6.07) is 0. The van der Waals surface area contributed by atoms with Crippen molar-refractivity contribution in [3.63, 3.8) is 0 Å². The highest BCUT2D eigenvalue weighted by atomic mass is 16.1. The minimum Gasteiger partial charge on any atom is -0.298 e. The number of rotatable bonds is 1. The van der Waals surface area contributed by atoms with Crippen LogP contribution in [0.15, 0.2) is 0 Å². The Bertz CT molecular complexity index is 184. The van der Waals surface area contributed by atoms with Gasteiger partial charge in [-0.05, 0) is 25.8 Å². The quantitative estimate of drug-likeness (QED) is 0.564. The normalized spacial score (nSPS) is 29.4. The minimum absolute atomic E-state index is 0.0365. The molecule has 1 saturated heterocycles. The van der Waals surface area contributed by atoms with Gasteiger partial charge in [-0.15, -0.1) is 0 Å². The molecule has 0 radical (unpaired) electrons. The lowest BCUT2D eigenvalue weighted by atomic mass is 9.74. The molecule has 1 aliphatic heterocycles. The standard InChI is InChI=1S/C9H15NO/c1-2-10-7-4-8(11)9(10)5-3-6-9/h2-7H2,1H3. The van der Waals surface area contributed by atoms with Gasteiger partial charge in [-0.3, -0.25) is 9.69 Å². The molecule has 62 valence electrons. The summed E-state index contributed by atoms with van der Waals surface area (Å²) in [5.74, 6) is 0.505. The summed E-state index contributed by atoms with van der Waals surface area (Å²) in [6.07, 6.45) is 4.30. The lowest BCUT2D eigenvalue weighted by Crippen LogP contribution is -2.53. The van der Waals surface area contributed by atoms with Crippen LogP contribution in [0.4, 0.5) is 0 Å². The number of ketones is 1. The molecule has 1 aliphatic carbocycles. The number of carbonyl (C=O) groups excluding carboxylic acids is 1. The van der Waals surface area contributed by atoms with Gasteiger partial charge in [-0.1, -0.05) is 6.92 Å². The molecule has 0 N–H and O–H groups in total. The third kappa shape index (κ3) is 0.791. The van der Waals surface area contributed by atoms with Crippen LogP contribution in [0.25, 0.3) is 0 Å². The van der Waals surface area contributed by atoms with Crippen LogP contribution in [-0.2, 0) is 4.79 Å². The summed E-state index contributed by atoms with van der Waals surface area (Å²) in [7, 11) is 0. The maximum absolute atomic E-state index is 11.5. The number of carbonyl (C=O) groups is 1. The molecule has 11 heavy (non-hydrogen) atoms. The van der Waals surface area contributed by atoms with Crippen molar-refractivity contribution in [2.24, 2.45) is 0 Å². The molecular weight excluding hydrogens is 138 g/mol. The van der Waals surface area contributed by atoms with E-state index >= 15 is 0 Å². The van der Waals surface area contributed by atoms with E-state index in [-0.39, 0.29) is 5.54 Å². The number of Topliss-reactive ketones (excluding diaryl/α,β-unsaturated/α-hetero) is 1. The van der Waals surface area contributed by atoms with Gasteiger partial charge in [0.05, 0.1) is 5.54 Å². The Labute approximate surface area is 67.6 Å². The molecule has 0 unspecified atom stereocenters. The molecule has 0 aromatic rings. The summed E-state index contributed by atoms with van der Waals surface area (Å²) >= 11 is 0. The maximum Gasteiger partial charge on any atom is 0.154 e. The van der Waals surface area contributed by atoms with Crippen LogP contribution in [0.3, 0.4) is 0 Å². The second kappa shape index (κ2) is 2.31. The molecule has 0 atom stereocenters. The van der Waals surface area contributed by atoms with Gasteiger partial charge in [0.2, 0.25) is 0 Å². The highest BCUT2D eigenvalue weighted by molar-refractivity contribution is 5.91. The van der Waals surface area contributed by atoms with E-state index in [1.807, 2.05) is 0 Å². The molecule has 2 nitrogen and oxygen atoms in total. The zero-order valence-electron chi connectivity index (χ0n) is 7.10. The Kier molecular flexibility index (Phi) is 1.53. The molecule has 2 fully saturated rings. The Hall–Kier alpha value is -0.370. The molecule has 1 heterocycles. The minimum atomic E-state index is 0.0365. The maximum atomic E-state index is 11.5. The van der Waals surface area contributed by atoms with Crippen molar-refractivity contribution in [3.8, 4) is 0 Å². The zero-order chi connectivity index (χ0) is 7.90. The highest BCUT2D eigenvalue weighted by Gasteiger charge is 2.51. The van der Waals surface area contributed by atoms with Crippen molar-refractivity contribution in [3.05, 3.63) is 0 Å². The van der Waals surface area contributed by atoms with Crippen molar-refractivity contribution in [1.82, 2.24) is 4.90 Å². The van der Waals surface area contributed by atoms with Gasteiger partial charge in [-0.2, -0.15) is 0 Å². The Balaban J connectivity index is 2.18. The third-order valence-electron chi connectivity index (χ3n) is 3.30. The fourth-order valence-corrected chi connectivity index (χ4v) is 2.43. The second-order valence-corrected chi connectivity index (χ2v) is 3.64. The lowest BCUT2D eigenvalue weighted by molar-refractivity contribution is -0.129. The van der Waals surface area contributed by atoms with E-state index in [0.717, 1.165) is 32.4 Å². The molecule has 2 rings (SSSR count). The first-order valence-corrected chi connectivity index (χ1v) is 4.58. The molecule has 0 aromatic carbocycles. The first kappa shape index (κ1) is 7.29. The van der Waals surface area contributed by atoms with Crippen molar-refractivity contribution in [2.75, 3.05) is 13.1 Å². The average molecular weight is 153 g/mol. The summed E-state index contributed by atoms with van der Waals surface area (Å²) in [6.45, 7) is 4.21. The molecule has 0 aromatic heterocycles. The first-order chi connectivity index (χ1) is 5.29. The molecule has 2 heteroatoms. The van der Waals surface area contributed by atoms with Crippen molar-refractivity contribution >= 4 is 5.78 Å². The van der Waals surface area contributed by atoms with Crippen LogP contribution < -0.4 is 0 Å². The second-order valence-electron chi connectivity index (χ2n) is 3.64. The molecule has 0 bridgehead atoms. The number of likely N-dealkylation sites (tertiary alicyclic amines) is 1. The van der Waals surface area contributed by atoms with Crippen LogP contribution in [-0.4, -0.2) is 29.3 Å². The fourth-order valence-electron chi connectivity index (χ4n) is 2.43. The van der Waals surface area contributed by atoms with E-state index in [0.29, 0.717) is 5.78 Å². The van der Waals surface area contributed by atoms with Crippen molar-refractivity contribution < 1.29 is 4.79 Å². The Morgan fingerprint density at radius 2 is 2.27 bits per heavy atom. The van der Waals surface area contributed by atoms with Gasteiger partial charge < -0.3 is 0 Å². The highest BCUT2D eigenvalue weighted by Crippen LogP contribution is 2.42. The van der Waals surface area contributed by atoms with Crippen LogP contribution in [0.2, 0.25) is 0 Å². The smallest absolute Gasteiger partial charge is 0.154 e. The summed E-state index contributed by atoms with van der Waals surface area (Å²) < 4.78 is 0. The topological polar surface area (TPSA) is 20.3 Å². The Morgan fingerprint density at radius 3 is 2.64 bits per heavy atom. The van der Waals surface area contributed by atoms with Crippen molar-refractivity contribution in [2.45, 2.75) is 38.1 Å². The van der Waals surface area contributed by atoms with E-state index in [9.17, 15) is 4.79 Å². The van der Waals surface area contributed by atoms with E-state index in [1.165, 1.54) is 6.42 Å². The number of hydrogen-bond acceptors (Lipinski definition) is 2. The monoisotopic (exact) mass is 153 g/mol. The van der Waals surface area contributed by atoms with Crippen molar-refractivity contribution in [1.29, 1.82) is 0 Å². The molecular formula is C9H15NO. The molecule has 1 saturated carbocycles. The van der Waals surface area contributed by atoms with Gasteiger partial charge >= 0.3 is 0 Å². The predicted molar refractivity (Wildman–Crippen MR) is 43.5 cm³/mol. The summed E-state index contributed by atoms with van der Waals surface area (Å²) in [5, 5.41) is 0. The third-order valence-corrected chi connectivity index (χ3v) is 3.30. The van der Waals surface area contributed by atoms with Gasteiger partial charge in [0.25, 0.3) is 0 Å². The predicted octanol–water partition coefficient (Wildman–Crippen LogP) is 1.20. The van der Waals surface area contributed by atoms with Gasteiger partial charge in [-0.25, -0.2) is 0 Å². The van der Waals surface area contributed by atoms with Crippen LogP contribution >= 0.6 is 0 Å². The first-order valence-electron chi connectivity index (χ1n) is 4.58. The Morgan fingerprint density at radius 1 is 1.55 bits per heavy atom. The van der Waals surface area contributed by atoms with Crippen LogP contribution in [0.1, 0.15) is 32.6 Å². The number of hydrogen-bond donors (Lipinski definition) is 0.